The summed E-state index contributed by atoms with van der Waals surface area (Å²) >= 11 is 0. The molecule has 2 aromatic rings. The van der Waals surface area contributed by atoms with Crippen molar-refractivity contribution in [2.75, 3.05) is 46.5 Å². The summed E-state index contributed by atoms with van der Waals surface area (Å²) < 4.78 is 11.0. The first-order chi connectivity index (χ1) is 22.8. The number of methoxy groups -OCH3 is 1. The number of likely N-dealkylation sites (tertiary alicyclic amines) is 1. The second-order valence-electron chi connectivity index (χ2n) is 11.7. The number of nitrogens with zero attached hydrogens (tertiary/aromatic N) is 6. The third kappa shape index (κ3) is 8.09. The third-order valence-electron chi connectivity index (χ3n) is 8.94. The van der Waals surface area contributed by atoms with Crippen molar-refractivity contribution < 1.29 is 24.0 Å². The van der Waals surface area contributed by atoms with Gasteiger partial charge in [-0.05, 0) is 56.4 Å². The van der Waals surface area contributed by atoms with E-state index >= 15 is 0 Å². The number of hydrogen-bond donors (Lipinski definition) is 0. The number of nitriles is 2. The van der Waals surface area contributed by atoms with Gasteiger partial charge in [0, 0.05) is 37.4 Å². The van der Waals surface area contributed by atoms with Crippen molar-refractivity contribution in [2.45, 2.75) is 50.4 Å². The van der Waals surface area contributed by atoms with Gasteiger partial charge in [-0.25, -0.2) is 0 Å². The summed E-state index contributed by atoms with van der Waals surface area (Å²) in [5.74, 6) is -2.25. The highest BCUT2D eigenvalue weighted by atomic mass is 16.6. The van der Waals surface area contributed by atoms with E-state index in [1.807, 2.05) is 43.3 Å². The number of aliphatic imine (C=N–C) groups is 1. The lowest BCUT2D eigenvalue weighted by atomic mass is 9.74. The van der Waals surface area contributed by atoms with Crippen molar-refractivity contribution in [3.05, 3.63) is 87.2 Å². The number of allylic oxidation sites excluding steroid dienone is 1. The fourth-order valence-corrected chi connectivity index (χ4v) is 6.50. The Hall–Kier alpha value is -4.91. The number of non-ortho nitro benzene ring substituents is 1. The van der Waals surface area contributed by atoms with Crippen LogP contribution in [-0.2, 0) is 24.5 Å². The van der Waals surface area contributed by atoms with Crippen molar-refractivity contribution >= 4 is 23.8 Å². The van der Waals surface area contributed by atoms with Crippen molar-refractivity contribution in [1.82, 2.24) is 9.80 Å². The topological polar surface area (TPSA) is 162 Å². The van der Waals surface area contributed by atoms with E-state index < -0.39 is 28.1 Å². The van der Waals surface area contributed by atoms with Crippen molar-refractivity contribution in [3.63, 3.8) is 0 Å². The lowest BCUT2D eigenvalue weighted by molar-refractivity contribution is -0.384. The average molecular weight is 641 g/mol. The molecule has 47 heavy (non-hydrogen) atoms. The van der Waals surface area contributed by atoms with Crippen LogP contribution in [0.4, 0.5) is 5.69 Å². The monoisotopic (exact) mass is 640 g/mol. The van der Waals surface area contributed by atoms with E-state index in [9.17, 15) is 25.0 Å². The molecule has 2 aliphatic rings. The van der Waals surface area contributed by atoms with E-state index in [-0.39, 0.29) is 25.3 Å². The van der Waals surface area contributed by atoms with Crippen molar-refractivity contribution in [2.24, 2.45) is 10.9 Å². The highest BCUT2D eigenvalue weighted by Crippen LogP contribution is 2.42. The van der Waals surface area contributed by atoms with Gasteiger partial charge in [-0.15, -0.1) is 0 Å². The normalized spacial score (nSPS) is 19.2. The van der Waals surface area contributed by atoms with Crippen LogP contribution >= 0.6 is 0 Å². The zero-order valence-corrected chi connectivity index (χ0v) is 26.8. The molecule has 0 aromatic heterocycles. The van der Waals surface area contributed by atoms with Gasteiger partial charge in [-0.2, -0.15) is 10.5 Å². The van der Waals surface area contributed by atoms with Crippen LogP contribution in [0.15, 0.2) is 71.0 Å². The maximum absolute atomic E-state index is 13.6. The average Bonchev–Trinajstić information content (AvgIpc) is 3.10. The van der Waals surface area contributed by atoms with Crippen LogP contribution < -0.4 is 0 Å². The van der Waals surface area contributed by atoms with Gasteiger partial charge in [0.05, 0.1) is 46.9 Å². The summed E-state index contributed by atoms with van der Waals surface area (Å²) in [6, 6.07) is 20.3. The standard InChI is InChI=1S/C35H40N6O6/c1-3-29-32(34(43)47-22-7-17-36)31(26-11-13-28(14-12-26)41(44)45)33(30(38-29)23-46-2)40(25-42)19-8-18-39-20-15-35(24-37,16-21-39)27-9-5-4-6-10-27/h4-6,9-14,25,31-32H,3,7-8,15-16,18-23H2,1-2H3. The van der Waals surface area contributed by atoms with Crippen LogP contribution in [0.1, 0.15) is 56.1 Å². The quantitative estimate of drug-likeness (QED) is 0.0868. The molecule has 0 spiro atoms. The number of rotatable bonds is 15. The molecular weight excluding hydrogens is 600 g/mol. The minimum atomic E-state index is -0.919. The van der Waals surface area contributed by atoms with Crippen molar-refractivity contribution in [3.8, 4) is 12.1 Å². The number of esters is 1. The molecule has 12 heteroatoms. The molecule has 246 valence electrons. The van der Waals surface area contributed by atoms with Gasteiger partial charge in [0.25, 0.3) is 5.69 Å². The molecule has 0 N–H and O–H groups in total. The molecule has 4 rings (SSSR count). The predicted molar refractivity (Wildman–Crippen MR) is 174 cm³/mol. The van der Waals surface area contributed by atoms with E-state index in [0.29, 0.717) is 61.4 Å². The lowest BCUT2D eigenvalue weighted by Gasteiger charge is -2.39. The Labute approximate surface area is 275 Å². The number of benzene rings is 2. The van der Waals surface area contributed by atoms with Crippen molar-refractivity contribution in [1.29, 1.82) is 10.5 Å². The fourth-order valence-electron chi connectivity index (χ4n) is 6.50. The number of hydrogen-bond acceptors (Lipinski definition) is 10. The van der Waals surface area contributed by atoms with E-state index in [0.717, 1.165) is 25.1 Å². The molecule has 1 amide bonds. The van der Waals surface area contributed by atoms with Gasteiger partial charge in [0.1, 0.15) is 12.5 Å². The minimum Gasteiger partial charge on any atom is -0.464 e. The Morgan fingerprint density at radius 2 is 1.87 bits per heavy atom. The van der Waals surface area contributed by atoms with Crippen LogP contribution in [-0.4, -0.2) is 79.3 Å². The van der Waals surface area contributed by atoms with Crippen LogP contribution in [0.2, 0.25) is 0 Å². The minimum absolute atomic E-state index is 0.0225. The number of amides is 1. The number of piperidine rings is 1. The lowest BCUT2D eigenvalue weighted by Crippen LogP contribution is -2.43. The largest absolute Gasteiger partial charge is 0.464 e. The summed E-state index contributed by atoms with van der Waals surface area (Å²) in [5, 5.41) is 30.5. The zero-order valence-electron chi connectivity index (χ0n) is 26.8. The highest BCUT2D eigenvalue weighted by molar-refractivity contribution is 6.05. The molecule has 1 fully saturated rings. The first-order valence-electron chi connectivity index (χ1n) is 15.8. The molecule has 2 heterocycles. The number of nitro benzene ring substituents is 1. The molecule has 0 bridgehead atoms. The van der Waals surface area contributed by atoms with Gasteiger partial charge >= 0.3 is 5.97 Å². The first kappa shape index (κ1) is 35.0. The molecule has 1 saturated heterocycles. The Balaban J connectivity index is 1.60. The second kappa shape index (κ2) is 16.6. The van der Waals surface area contributed by atoms with Gasteiger partial charge in [-0.1, -0.05) is 49.4 Å². The van der Waals surface area contributed by atoms with Crippen LogP contribution in [0.5, 0.6) is 0 Å². The molecule has 2 unspecified atom stereocenters. The predicted octanol–water partition coefficient (Wildman–Crippen LogP) is 4.88. The third-order valence-corrected chi connectivity index (χ3v) is 8.94. The number of carbonyl (C=O) groups is 2. The summed E-state index contributed by atoms with van der Waals surface area (Å²) in [6.07, 6.45) is 3.18. The van der Waals surface area contributed by atoms with Crippen LogP contribution in [0, 0.1) is 38.7 Å². The number of ether oxygens (including phenoxy) is 2. The van der Waals surface area contributed by atoms with Gasteiger partial charge in [0.15, 0.2) is 0 Å². The fraction of sp³-hybridized carbons (Fsp3) is 0.457. The van der Waals surface area contributed by atoms with E-state index in [1.54, 1.807) is 17.0 Å². The molecule has 2 aromatic carbocycles. The van der Waals surface area contributed by atoms with E-state index in [4.69, 9.17) is 19.7 Å². The Morgan fingerprint density at radius 1 is 1.17 bits per heavy atom. The smallest absolute Gasteiger partial charge is 0.315 e. The number of carbonyl (C=O) groups excluding carboxylic acids is 2. The zero-order chi connectivity index (χ0) is 33.8. The molecular formula is C35H40N6O6. The Kier molecular flexibility index (Phi) is 12.3. The molecule has 2 atom stereocenters. The molecule has 0 saturated carbocycles. The molecule has 2 aliphatic heterocycles. The summed E-state index contributed by atoms with van der Waals surface area (Å²) in [7, 11) is 1.52. The van der Waals surface area contributed by atoms with Gasteiger partial charge in [0.2, 0.25) is 6.41 Å². The number of nitro groups is 1. The van der Waals surface area contributed by atoms with E-state index in [2.05, 4.69) is 11.0 Å². The summed E-state index contributed by atoms with van der Waals surface area (Å²) in [6.45, 7) is 4.35. The van der Waals surface area contributed by atoms with Gasteiger partial charge in [-0.3, -0.25) is 24.7 Å². The Morgan fingerprint density at radius 3 is 2.45 bits per heavy atom. The highest BCUT2D eigenvalue weighted by Gasteiger charge is 2.43. The Bertz CT molecular complexity index is 1550. The van der Waals surface area contributed by atoms with E-state index in [1.165, 1.54) is 19.2 Å². The summed E-state index contributed by atoms with van der Waals surface area (Å²) in [4.78, 5) is 46.0. The van der Waals surface area contributed by atoms with Crippen LogP contribution in [0.3, 0.4) is 0 Å². The maximum atomic E-state index is 13.6. The maximum Gasteiger partial charge on any atom is 0.315 e. The molecule has 12 nitrogen and oxygen atoms in total. The second-order valence-corrected chi connectivity index (χ2v) is 11.7. The molecule has 0 radical (unpaired) electrons. The first-order valence-corrected chi connectivity index (χ1v) is 15.8. The van der Waals surface area contributed by atoms with Gasteiger partial charge < -0.3 is 19.3 Å². The SMILES string of the molecule is CCC1=NC(COC)=C(N(C=O)CCCN2CCC(C#N)(c3ccccc3)CC2)C(c2ccc([N+](=O)[O-])cc2)C1C(=O)OCCC#N. The summed E-state index contributed by atoms with van der Waals surface area (Å²) in [5.41, 5.74) is 2.49. The molecule has 0 aliphatic carbocycles. The van der Waals surface area contributed by atoms with Crippen LogP contribution in [0.25, 0.3) is 0 Å².